The normalized spacial score (nSPS) is 11.1. The van der Waals surface area contributed by atoms with Gasteiger partial charge in [-0.05, 0) is 25.0 Å². The van der Waals surface area contributed by atoms with Crippen molar-refractivity contribution in [3.63, 3.8) is 0 Å². The number of nitrogens with zero attached hydrogens (tertiary/aromatic N) is 2. The smallest absolute Gasteiger partial charge is 0.359 e. The average molecular weight is 398 g/mol. The molecule has 0 aliphatic heterocycles. The Balaban J connectivity index is 1.90. The van der Waals surface area contributed by atoms with Gasteiger partial charge in [-0.15, -0.1) is 0 Å². The Morgan fingerprint density at radius 2 is 1.86 bits per heavy atom. The van der Waals surface area contributed by atoms with Gasteiger partial charge in [0.25, 0.3) is 5.56 Å². The number of furan rings is 1. The van der Waals surface area contributed by atoms with Crippen molar-refractivity contribution in [3.8, 4) is 0 Å². The molecule has 0 saturated carbocycles. The van der Waals surface area contributed by atoms with Crippen LogP contribution in [0.2, 0.25) is 0 Å². The van der Waals surface area contributed by atoms with Crippen LogP contribution in [0.5, 0.6) is 0 Å². The largest absolute Gasteiger partial charge is 0.465 e. The number of ether oxygens (including phenoxy) is 2. The molecule has 0 aliphatic carbocycles. The highest BCUT2D eigenvalue weighted by atomic mass is 16.5. The summed E-state index contributed by atoms with van der Waals surface area (Å²) < 4.78 is 16.8. The second-order valence-corrected chi connectivity index (χ2v) is 7.03. The molecule has 2 aromatic heterocycles. The number of carbonyl (C=O) groups is 2. The molecule has 8 nitrogen and oxygen atoms in total. The van der Waals surface area contributed by atoms with Crippen molar-refractivity contribution in [2.45, 2.75) is 33.9 Å². The van der Waals surface area contributed by atoms with Gasteiger partial charge in [-0.3, -0.25) is 4.79 Å². The van der Waals surface area contributed by atoms with Crippen molar-refractivity contribution in [2.24, 2.45) is 5.92 Å². The topological polar surface area (TPSA) is 101 Å². The maximum Gasteiger partial charge on any atom is 0.359 e. The molecule has 0 radical (unpaired) electrons. The molecule has 3 aromatic rings. The Bertz CT molecular complexity index is 1130. The third-order valence-corrected chi connectivity index (χ3v) is 4.32. The molecule has 0 atom stereocenters. The van der Waals surface area contributed by atoms with Crippen LogP contribution in [0, 0.1) is 12.8 Å². The van der Waals surface area contributed by atoms with E-state index in [9.17, 15) is 14.4 Å². The Hall–Kier alpha value is -3.42. The number of hydrogen-bond donors (Lipinski definition) is 0. The minimum atomic E-state index is -0.688. The number of aromatic nitrogens is 2. The molecule has 152 valence electrons. The lowest BCUT2D eigenvalue weighted by Crippen LogP contribution is -2.28. The SMILES string of the molecule is COC(=O)c1cc(COC(=O)c2nn(CC(C)C)c(=O)c3ccccc23)oc1C. The molecule has 3 rings (SSSR count). The maximum atomic E-state index is 12.7. The molecule has 0 saturated heterocycles. The Morgan fingerprint density at radius 1 is 1.17 bits per heavy atom. The molecule has 0 fully saturated rings. The molecule has 0 aliphatic rings. The highest BCUT2D eigenvalue weighted by molar-refractivity contribution is 6.02. The van der Waals surface area contributed by atoms with E-state index in [1.54, 1.807) is 31.2 Å². The average Bonchev–Trinajstić information content (AvgIpc) is 3.08. The van der Waals surface area contributed by atoms with Crippen molar-refractivity contribution in [1.29, 1.82) is 0 Å². The number of hydrogen-bond acceptors (Lipinski definition) is 7. The van der Waals surface area contributed by atoms with E-state index in [2.05, 4.69) is 9.84 Å². The monoisotopic (exact) mass is 398 g/mol. The van der Waals surface area contributed by atoms with Gasteiger partial charge in [-0.25, -0.2) is 14.3 Å². The molecule has 1 aromatic carbocycles. The Kier molecular flexibility index (Phi) is 5.81. The lowest BCUT2D eigenvalue weighted by atomic mass is 10.1. The highest BCUT2D eigenvalue weighted by Gasteiger charge is 2.20. The second-order valence-electron chi connectivity index (χ2n) is 7.03. The van der Waals surface area contributed by atoms with Gasteiger partial charge in [0.1, 0.15) is 23.7 Å². The molecule has 0 N–H and O–H groups in total. The fourth-order valence-electron chi connectivity index (χ4n) is 2.99. The van der Waals surface area contributed by atoms with Crippen LogP contribution in [0.25, 0.3) is 10.8 Å². The number of esters is 2. The van der Waals surface area contributed by atoms with Gasteiger partial charge in [0.15, 0.2) is 5.69 Å². The van der Waals surface area contributed by atoms with Crippen LogP contribution in [0.3, 0.4) is 0 Å². The summed E-state index contributed by atoms with van der Waals surface area (Å²) in [4.78, 5) is 37.0. The molecule has 29 heavy (non-hydrogen) atoms. The number of aryl methyl sites for hydroxylation is 1. The molecule has 0 spiro atoms. The molecule has 2 heterocycles. The van der Waals surface area contributed by atoms with Crippen LogP contribution < -0.4 is 5.56 Å². The van der Waals surface area contributed by atoms with Gasteiger partial charge >= 0.3 is 11.9 Å². The van der Waals surface area contributed by atoms with E-state index in [1.165, 1.54) is 17.9 Å². The van der Waals surface area contributed by atoms with Gasteiger partial charge in [-0.2, -0.15) is 5.10 Å². The van der Waals surface area contributed by atoms with Crippen LogP contribution in [-0.4, -0.2) is 28.8 Å². The first-order valence-corrected chi connectivity index (χ1v) is 9.16. The zero-order chi connectivity index (χ0) is 21.1. The third-order valence-electron chi connectivity index (χ3n) is 4.32. The van der Waals surface area contributed by atoms with Crippen LogP contribution in [0.1, 0.15) is 46.2 Å². The zero-order valence-corrected chi connectivity index (χ0v) is 16.7. The minimum Gasteiger partial charge on any atom is -0.465 e. The Morgan fingerprint density at radius 3 is 2.52 bits per heavy atom. The zero-order valence-electron chi connectivity index (χ0n) is 16.7. The van der Waals surface area contributed by atoms with Gasteiger partial charge in [0.2, 0.25) is 0 Å². The number of methoxy groups -OCH3 is 1. The van der Waals surface area contributed by atoms with Crippen molar-refractivity contribution in [3.05, 3.63) is 63.5 Å². The molecule has 8 heteroatoms. The summed E-state index contributed by atoms with van der Waals surface area (Å²) in [5.74, 6) is -0.370. The first-order chi connectivity index (χ1) is 13.8. The molecular formula is C21H22N2O6. The third kappa shape index (κ3) is 4.21. The van der Waals surface area contributed by atoms with E-state index < -0.39 is 11.9 Å². The van der Waals surface area contributed by atoms with Gasteiger partial charge in [0.05, 0.1) is 12.5 Å². The van der Waals surface area contributed by atoms with Crippen LogP contribution in [0.15, 0.2) is 39.5 Å². The summed E-state index contributed by atoms with van der Waals surface area (Å²) in [6.45, 7) is 5.73. The van der Waals surface area contributed by atoms with Gasteiger partial charge < -0.3 is 13.9 Å². The molecule has 0 bridgehead atoms. The van der Waals surface area contributed by atoms with Gasteiger partial charge in [-0.1, -0.05) is 32.0 Å². The summed E-state index contributed by atoms with van der Waals surface area (Å²) in [7, 11) is 1.28. The standard InChI is InChI=1S/C21H22N2O6/c1-12(2)10-23-19(24)16-8-6-5-7-15(16)18(22-23)21(26)28-11-14-9-17(13(3)29-14)20(25)27-4/h5-9,12H,10-11H2,1-4H3. The Labute approximate surface area is 167 Å². The predicted molar refractivity (Wildman–Crippen MR) is 105 cm³/mol. The summed E-state index contributed by atoms with van der Waals surface area (Å²) in [5, 5.41) is 5.07. The van der Waals surface area contributed by atoms with E-state index in [-0.39, 0.29) is 29.3 Å². The molecular weight excluding hydrogens is 376 g/mol. The van der Waals surface area contributed by atoms with Crippen molar-refractivity contribution < 1.29 is 23.5 Å². The fourth-order valence-corrected chi connectivity index (χ4v) is 2.99. The number of benzene rings is 1. The minimum absolute atomic E-state index is 0.0531. The molecule has 0 amide bonds. The lowest BCUT2D eigenvalue weighted by molar-refractivity contribution is 0.0436. The number of fused-ring (bicyclic) bond motifs is 1. The summed E-state index contributed by atoms with van der Waals surface area (Å²) >= 11 is 0. The predicted octanol–water partition coefficient (Wildman–Crippen LogP) is 3.10. The quantitative estimate of drug-likeness (QED) is 0.588. The second kappa shape index (κ2) is 8.30. The van der Waals surface area contributed by atoms with E-state index in [0.29, 0.717) is 28.8 Å². The van der Waals surface area contributed by atoms with Crippen molar-refractivity contribution >= 4 is 22.7 Å². The summed E-state index contributed by atoms with van der Waals surface area (Å²) in [6.07, 6.45) is 0. The van der Waals surface area contributed by atoms with E-state index in [1.807, 2.05) is 13.8 Å². The fraction of sp³-hybridized carbons (Fsp3) is 0.333. The summed E-state index contributed by atoms with van der Waals surface area (Å²) in [5.41, 5.74) is 0.0696. The molecule has 0 unspecified atom stereocenters. The first kappa shape index (κ1) is 20.3. The lowest BCUT2D eigenvalue weighted by Gasteiger charge is -2.12. The van der Waals surface area contributed by atoms with E-state index in [4.69, 9.17) is 9.15 Å². The first-order valence-electron chi connectivity index (χ1n) is 9.16. The van der Waals surface area contributed by atoms with E-state index in [0.717, 1.165) is 0 Å². The summed E-state index contributed by atoms with van der Waals surface area (Å²) in [6, 6.07) is 8.25. The van der Waals surface area contributed by atoms with Crippen molar-refractivity contribution in [1.82, 2.24) is 9.78 Å². The maximum absolute atomic E-state index is 12.7. The van der Waals surface area contributed by atoms with E-state index >= 15 is 0 Å². The number of rotatable bonds is 6. The van der Waals surface area contributed by atoms with Crippen LogP contribution in [0.4, 0.5) is 0 Å². The van der Waals surface area contributed by atoms with Crippen LogP contribution >= 0.6 is 0 Å². The van der Waals surface area contributed by atoms with Crippen LogP contribution in [-0.2, 0) is 22.6 Å². The van der Waals surface area contributed by atoms with Crippen molar-refractivity contribution in [2.75, 3.05) is 7.11 Å². The highest BCUT2D eigenvalue weighted by Crippen LogP contribution is 2.19. The van der Waals surface area contributed by atoms with Gasteiger partial charge in [0, 0.05) is 11.9 Å². The number of carbonyl (C=O) groups excluding carboxylic acids is 2.